The van der Waals surface area contributed by atoms with Crippen LogP contribution in [0.1, 0.15) is 58.3 Å². The highest BCUT2D eigenvalue weighted by molar-refractivity contribution is 4.85. The molecule has 0 heterocycles. The quantitative estimate of drug-likeness (QED) is 0.754. The predicted octanol–water partition coefficient (Wildman–Crippen LogP) is 3.61. The van der Waals surface area contributed by atoms with Crippen molar-refractivity contribution in [3.8, 4) is 0 Å². The summed E-state index contributed by atoms with van der Waals surface area (Å²) in [5.74, 6) is 3.92. The van der Waals surface area contributed by atoms with Gasteiger partial charge in [0.1, 0.15) is 0 Å². The van der Waals surface area contributed by atoms with Crippen LogP contribution in [0, 0.1) is 23.7 Å². The second kappa shape index (κ2) is 5.34. The van der Waals surface area contributed by atoms with Crippen LogP contribution < -0.4 is 0 Å². The lowest BCUT2D eigenvalue weighted by atomic mass is 9.64. The molecule has 1 nitrogen and oxygen atoms in total. The highest BCUT2D eigenvalue weighted by Gasteiger charge is 2.34. The SMILES string of the molecule is CCC1CCC2CC(CCO)CCC2C1. The first kappa shape index (κ1) is 11.4. The van der Waals surface area contributed by atoms with Gasteiger partial charge in [-0.3, -0.25) is 0 Å². The van der Waals surface area contributed by atoms with Crippen LogP contribution in [0.3, 0.4) is 0 Å². The van der Waals surface area contributed by atoms with Crippen molar-refractivity contribution < 1.29 is 5.11 Å². The van der Waals surface area contributed by atoms with Crippen LogP contribution in [0.5, 0.6) is 0 Å². The smallest absolute Gasteiger partial charge is 0.0433 e. The maximum Gasteiger partial charge on any atom is 0.0433 e. The van der Waals surface area contributed by atoms with E-state index in [9.17, 15) is 0 Å². The summed E-state index contributed by atoms with van der Waals surface area (Å²) >= 11 is 0. The average molecular weight is 210 g/mol. The molecule has 0 saturated heterocycles. The molecule has 0 aromatic rings. The third-order valence-electron chi connectivity index (χ3n) is 4.94. The third-order valence-corrected chi connectivity index (χ3v) is 4.94. The lowest BCUT2D eigenvalue weighted by molar-refractivity contribution is 0.0862. The molecule has 1 N–H and O–H groups in total. The van der Waals surface area contributed by atoms with E-state index in [0.717, 1.165) is 30.1 Å². The van der Waals surface area contributed by atoms with Gasteiger partial charge in [-0.1, -0.05) is 26.2 Å². The van der Waals surface area contributed by atoms with Crippen LogP contribution in [0.15, 0.2) is 0 Å². The molecule has 2 fully saturated rings. The van der Waals surface area contributed by atoms with E-state index < -0.39 is 0 Å². The minimum atomic E-state index is 0.402. The van der Waals surface area contributed by atoms with Gasteiger partial charge in [-0.05, 0) is 55.8 Å². The van der Waals surface area contributed by atoms with Crippen molar-refractivity contribution in [2.24, 2.45) is 23.7 Å². The fourth-order valence-corrected chi connectivity index (χ4v) is 3.90. The lowest BCUT2D eigenvalue weighted by Crippen LogP contribution is -2.31. The second-order valence-corrected chi connectivity index (χ2v) is 5.80. The molecule has 4 atom stereocenters. The molecule has 4 unspecified atom stereocenters. The van der Waals surface area contributed by atoms with Crippen LogP contribution in [0.2, 0.25) is 0 Å². The highest BCUT2D eigenvalue weighted by Crippen LogP contribution is 2.45. The Morgan fingerprint density at radius 3 is 2.13 bits per heavy atom. The summed E-state index contributed by atoms with van der Waals surface area (Å²) in [6.45, 7) is 2.75. The van der Waals surface area contributed by atoms with E-state index in [1.165, 1.54) is 44.9 Å². The van der Waals surface area contributed by atoms with Crippen LogP contribution in [-0.4, -0.2) is 11.7 Å². The summed E-state index contributed by atoms with van der Waals surface area (Å²) in [7, 11) is 0. The second-order valence-electron chi connectivity index (χ2n) is 5.80. The van der Waals surface area contributed by atoms with Gasteiger partial charge in [-0.25, -0.2) is 0 Å². The van der Waals surface area contributed by atoms with Crippen molar-refractivity contribution in [3.05, 3.63) is 0 Å². The average Bonchev–Trinajstić information content (AvgIpc) is 2.29. The van der Waals surface area contributed by atoms with E-state index in [1.54, 1.807) is 0 Å². The molecule has 0 aromatic heterocycles. The molecule has 0 bridgehead atoms. The standard InChI is InChI=1S/C14H26O/c1-2-11-3-5-14-10-12(7-8-15)4-6-13(14)9-11/h11-15H,2-10H2,1H3. The summed E-state index contributed by atoms with van der Waals surface area (Å²) in [5.41, 5.74) is 0. The Kier molecular flexibility index (Phi) is 4.07. The number of fused-ring (bicyclic) bond motifs is 1. The Morgan fingerprint density at radius 1 is 0.933 bits per heavy atom. The Bertz CT molecular complexity index is 190. The van der Waals surface area contributed by atoms with E-state index >= 15 is 0 Å². The summed E-state index contributed by atoms with van der Waals surface area (Å²) in [5, 5.41) is 8.99. The normalized spacial score (nSPS) is 41.2. The summed E-state index contributed by atoms with van der Waals surface area (Å²) in [4.78, 5) is 0. The van der Waals surface area contributed by atoms with Gasteiger partial charge in [0, 0.05) is 6.61 Å². The molecule has 1 heteroatoms. The van der Waals surface area contributed by atoms with Crippen molar-refractivity contribution >= 4 is 0 Å². The van der Waals surface area contributed by atoms with Crippen molar-refractivity contribution in [2.75, 3.05) is 6.61 Å². The van der Waals surface area contributed by atoms with E-state index in [2.05, 4.69) is 6.92 Å². The topological polar surface area (TPSA) is 20.2 Å². The zero-order valence-electron chi connectivity index (χ0n) is 10.1. The first-order valence-corrected chi connectivity index (χ1v) is 6.94. The Hall–Kier alpha value is -0.0400. The first-order chi connectivity index (χ1) is 7.33. The van der Waals surface area contributed by atoms with E-state index in [-0.39, 0.29) is 0 Å². The zero-order valence-corrected chi connectivity index (χ0v) is 10.1. The number of rotatable bonds is 3. The van der Waals surface area contributed by atoms with Crippen molar-refractivity contribution in [2.45, 2.75) is 58.3 Å². The first-order valence-electron chi connectivity index (χ1n) is 6.94. The van der Waals surface area contributed by atoms with Gasteiger partial charge in [0.25, 0.3) is 0 Å². The van der Waals surface area contributed by atoms with Crippen LogP contribution in [0.4, 0.5) is 0 Å². The van der Waals surface area contributed by atoms with Crippen LogP contribution in [0.25, 0.3) is 0 Å². The molecule has 0 amide bonds. The van der Waals surface area contributed by atoms with Gasteiger partial charge in [0.2, 0.25) is 0 Å². The number of aliphatic hydroxyl groups excluding tert-OH is 1. The third kappa shape index (κ3) is 2.75. The minimum Gasteiger partial charge on any atom is -0.396 e. The largest absolute Gasteiger partial charge is 0.396 e. The number of hydrogen-bond donors (Lipinski definition) is 1. The van der Waals surface area contributed by atoms with Gasteiger partial charge in [-0.15, -0.1) is 0 Å². The van der Waals surface area contributed by atoms with Gasteiger partial charge in [-0.2, -0.15) is 0 Å². The van der Waals surface area contributed by atoms with Crippen molar-refractivity contribution in [1.82, 2.24) is 0 Å². The Balaban J connectivity index is 1.83. The maximum absolute atomic E-state index is 8.99. The lowest BCUT2D eigenvalue weighted by Gasteiger charge is -2.42. The molecular formula is C14H26O. The monoisotopic (exact) mass is 210 g/mol. The van der Waals surface area contributed by atoms with Crippen molar-refractivity contribution in [1.29, 1.82) is 0 Å². The summed E-state index contributed by atoms with van der Waals surface area (Å²) in [6.07, 6.45) is 11.2. The molecular weight excluding hydrogens is 184 g/mol. The van der Waals surface area contributed by atoms with E-state index in [1.807, 2.05) is 0 Å². The van der Waals surface area contributed by atoms with E-state index in [4.69, 9.17) is 5.11 Å². The minimum absolute atomic E-state index is 0.402. The Morgan fingerprint density at radius 2 is 1.53 bits per heavy atom. The van der Waals surface area contributed by atoms with Gasteiger partial charge in [0.05, 0.1) is 0 Å². The van der Waals surface area contributed by atoms with E-state index in [0.29, 0.717) is 6.61 Å². The molecule has 2 saturated carbocycles. The fraction of sp³-hybridized carbons (Fsp3) is 1.00. The molecule has 2 aliphatic rings. The molecule has 15 heavy (non-hydrogen) atoms. The van der Waals surface area contributed by atoms with Gasteiger partial charge in [0.15, 0.2) is 0 Å². The highest BCUT2D eigenvalue weighted by atomic mass is 16.3. The molecule has 0 aliphatic heterocycles. The molecule has 88 valence electrons. The van der Waals surface area contributed by atoms with Crippen molar-refractivity contribution in [3.63, 3.8) is 0 Å². The number of hydrogen-bond acceptors (Lipinski definition) is 1. The molecule has 2 aliphatic carbocycles. The fourth-order valence-electron chi connectivity index (χ4n) is 3.90. The van der Waals surface area contributed by atoms with Crippen LogP contribution in [-0.2, 0) is 0 Å². The molecule has 0 spiro atoms. The molecule has 0 radical (unpaired) electrons. The molecule has 2 rings (SSSR count). The number of aliphatic hydroxyl groups is 1. The van der Waals surface area contributed by atoms with Crippen LogP contribution >= 0.6 is 0 Å². The van der Waals surface area contributed by atoms with Gasteiger partial charge >= 0.3 is 0 Å². The Labute approximate surface area is 94.3 Å². The summed E-state index contributed by atoms with van der Waals surface area (Å²) in [6, 6.07) is 0. The molecule has 0 aromatic carbocycles. The maximum atomic E-state index is 8.99. The zero-order chi connectivity index (χ0) is 10.7. The van der Waals surface area contributed by atoms with Gasteiger partial charge < -0.3 is 5.11 Å². The summed E-state index contributed by atoms with van der Waals surface area (Å²) < 4.78 is 0. The predicted molar refractivity (Wildman–Crippen MR) is 63.7 cm³/mol.